The van der Waals surface area contributed by atoms with E-state index in [1.807, 2.05) is 0 Å². The third kappa shape index (κ3) is 3.47. The summed E-state index contributed by atoms with van der Waals surface area (Å²) in [6, 6.07) is 9.01. The van der Waals surface area contributed by atoms with E-state index in [0.29, 0.717) is 12.0 Å². The molecule has 1 fully saturated rings. The molecule has 0 amide bonds. The van der Waals surface area contributed by atoms with E-state index >= 15 is 0 Å². The van der Waals surface area contributed by atoms with Crippen molar-refractivity contribution in [2.75, 3.05) is 32.1 Å². The van der Waals surface area contributed by atoms with Gasteiger partial charge in [-0.05, 0) is 50.0 Å². The average Bonchev–Trinajstić information content (AvgIpc) is 2.35. The van der Waals surface area contributed by atoms with Crippen molar-refractivity contribution in [3.05, 3.63) is 29.8 Å². The lowest BCUT2D eigenvalue weighted by molar-refractivity contribution is 0.206. The molecule has 18 heavy (non-hydrogen) atoms. The molecule has 100 valence electrons. The monoisotopic (exact) mass is 248 g/mol. The van der Waals surface area contributed by atoms with E-state index in [4.69, 9.17) is 5.11 Å². The maximum absolute atomic E-state index is 8.89. The Morgan fingerprint density at radius 1 is 1.33 bits per heavy atom. The van der Waals surface area contributed by atoms with Crippen LogP contribution in [-0.2, 0) is 6.42 Å². The quantitative estimate of drug-likeness (QED) is 0.855. The maximum Gasteiger partial charge on any atom is 0.0471 e. The Morgan fingerprint density at radius 2 is 2.06 bits per heavy atom. The van der Waals surface area contributed by atoms with Crippen molar-refractivity contribution in [3.63, 3.8) is 0 Å². The van der Waals surface area contributed by atoms with Gasteiger partial charge in [-0.15, -0.1) is 0 Å². The molecule has 0 spiro atoms. The molecule has 0 aliphatic carbocycles. The first-order valence-corrected chi connectivity index (χ1v) is 6.84. The van der Waals surface area contributed by atoms with Gasteiger partial charge in [0.2, 0.25) is 0 Å². The highest BCUT2D eigenvalue weighted by Crippen LogP contribution is 2.20. The molecule has 1 aromatic rings. The number of benzene rings is 1. The Kier molecular flexibility index (Phi) is 4.61. The number of rotatable bonds is 4. The van der Waals surface area contributed by atoms with Crippen molar-refractivity contribution in [1.82, 2.24) is 4.90 Å². The third-order valence-corrected chi connectivity index (χ3v) is 3.81. The average molecular weight is 248 g/mol. The minimum absolute atomic E-state index is 0.221. The summed E-state index contributed by atoms with van der Waals surface area (Å²) in [5.74, 6) is 0.681. The van der Waals surface area contributed by atoms with Crippen molar-refractivity contribution in [2.24, 2.45) is 5.92 Å². The molecule has 2 rings (SSSR count). The lowest BCUT2D eigenvalue weighted by Gasteiger charge is -2.35. The van der Waals surface area contributed by atoms with E-state index in [0.717, 1.165) is 6.42 Å². The number of piperidine rings is 1. The van der Waals surface area contributed by atoms with Crippen LogP contribution in [0.3, 0.4) is 0 Å². The molecular weight excluding hydrogens is 224 g/mol. The number of hydrogen-bond donors (Lipinski definition) is 2. The van der Waals surface area contributed by atoms with Gasteiger partial charge in [0.15, 0.2) is 0 Å². The Morgan fingerprint density at radius 3 is 2.67 bits per heavy atom. The van der Waals surface area contributed by atoms with Crippen LogP contribution in [0.2, 0.25) is 0 Å². The van der Waals surface area contributed by atoms with Gasteiger partial charge in [-0.1, -0.05) is 19.1 Å². The van der Waals surface area contributed by atoms with Crippen LogP contribution in [0.15, 0.2) is 24.3 Å². The van der Waals surface area contributed by atoms with Crippen LogP contribution in [0.25, 0.3) is 0 Å². The van der Waals surface area contributed by atoms with Gasteiger partial charge >= 0.3 is 0 Å². The van der Waals surface area contributed by atoms with Gasteiger partial charge in [-0.3, -0.25) is 0 Å². The van der Waals surface area contributed by atoms with Crippen LogP contribution < -0.4 is 5.32 Å². The first kappa shape index (κ1) is 13.4. The highest BCUT2D eigenvalue weighted by atomic mass is 16.2. The molecule has 2 unspecified atom stereocenters. The number of nitrogens with one attached hydrogen (secondary N) is 1. The zero-order valence-corrected chi connectivity index (χ0v) is 11.4. The predicted molar refractivity (Wildman–Crippen MR) is 75.9 cm³/mol. The Labute approximate surface area is 110 Å². The summed E-state index contributed by atoms with van der Waals surface area (Å²) in [5.41, 5.74) is 2.39. The first-order valence-electron chi connectivity index (χ1n) is 6.84. The van der Waals surface area contributed by atoms with Gasteiger partial charge < -0.3 is 15.3 Å². The standard InChI is InChI=1S/C15H24N2O/c1-12-11-17(2)9-7-15(12)16-14-5-3-13(4-6-14)8-10-18/h3-6,12,15-16,18H,7-11H2,1-2H3. The number of aliphatic hydroxyl groups is 1. The maximum atomic E-state index is 8.89. The van der Waals surface area contributed by atoms with Gasteiger partial charge in [0.1, 0.15) is 0 Å². The zero-order chi connectivity index (χ0) is 13.0. The molecule has 2 N–H and O–H groups in total. The van der Waals surface area contributed by atoms with Crippen molar-refractivity contribution in [3.8, 4) is 0 Å². The molecule has 0 saturated carbocycles. The molecule has 2 atom stereocenters. The summed E-state index contributed by atoms with van der Waals surface area (Å²) in [6.45, 7) is 4.87. The molecule has 3 nitrogen and oxygen atoms in total. The van der Waals surface area contributed by atoms with E-state index in [9.17, 15) is 0 Å². The van der Waals surface area contributed by atoms with E-state index in [2.05, 4.69) is 48.5 Å². The minimum atomic E-state index is 0.221. The first-order chi connectivity index (χ1) is 8.69. The van der Waals surface area contributed by atoms with Crippen molar-refractivity contribution >= 4 is 5.69 Å². The molecular formula is C15H24N2O. The summed E-state index contributed by atoms with van der Waals surface area (Å²) in [7, 11) is 2.19. The molecule has 1 aliphatic heterocycles. The van der Waals surface area contributed by atoms with Crippen molar-refractivity contribution in [1.29, 1.82) is 0 Å². The molecule has 0 bridgehead atoms. The lowest BCUT2D eigenvalue weighted by atomic mass is 9.94. The molecule has 0 radical (unpaired) electrons. The van der Waals surface area contributed by atoms with Crippen LogP contribution in [0.4, 0.5) is 5.69 Å². The highest BCUT2D eigenvalue weighted by molar-refractivity contribution is 5.45. The molecule has 1 saturated heterocycles. The topological polar surface area (TPSA) is 35.5 Å². The molecule has 1 aliphatic rings. The van der Waals surface area contributed by atoms with Crippen LogP contribution >= 0.6 is 0 Å². The third-order valence-electron chi connectivity index (χ3n) is 3.81. The van der Waals surface area contributed by atoms with Crippen LogP contribution in [0.1, 0.15) is 18.9 Å². The summed E-state index contributed by atoms with van der Waals surface area (Å²) in [6.07, 6.45) is 1.95. The number of nitrogens with zero attached hydrogens (tertiary/aromatic N) is 1. The van der Waals surface area contributed by atoms with Crippen LogP contribution in [0.5, 0.6) is 0 Å². The van der Waals surface area contributed by atoms with E-state index in [1.54, 1.807) is 0 Å². The smallest absolute Gasteiger partial charge is 0.0471 e. The Hall–Kier alpha value is -1.06. The predicted octanol–water partition coefficient (Wildman–Crippen LogP) is 1.97. The van der Waals surface area contributed by atoms with Gasteiger partial charge in [0.05, 0.1) is 0 Å². The summed E-state index contributed by atoms with van der Waals surface area (Å²) in [4.78, 5) is 2.40. The van der Waals surface area contributed by atoms with E-state index in [1.165, 1.54) is 30.8 Å². The molecule has 0 aromatic heterocycles. The molecule has 1 aromatic carbocycles. The Balaban J connectivity index is 1.92. The minimum Gasteiger partial charge on any atom is -0.396 e. The fourth-order valence-corrected chi connectivity index (χ4v) is 2.68. The second kappa shape index (κ2) is 6.21. The van der Waals surface area contributed by atoms with Gasteiger partial charge in [0.25, 0.3) is 0 Å². The van der Waals surface area contributed by atoms with Gasteiger partial charge in [-0.25, -0.2) is 0 Å². The fourth-order valence-electron chi connectivity index (χ4n) is 2.68. The van der Waals surface area contributed by atoms with Crippen molar-refractivity contribution in [2.45, 2.75) is 25.8 Å². The summed E-state index contributed by atoms with van der Waals surface area (Å²) >= 11 is 0. The lowest BCUT2D eigenvalue weighted by Crippen LogP contribution is -2.43. The molecule has 3 heteroatoms. The fraction of sp³-hybridized carbons (Fsp3) is 0.600. The summed E-state index contributed by atoms with van der Waals surface area (Å²) in [5, 5.41) is 12.5. The molecule has 1 heterocycles. The zero-order valence-electron chi connectivity index (χ0n) is 11.4. The van der Waals surface area contributed by atoms with Gasteiger partial charge in [-0.2, -0.15) is 0 Å². The number of hydrogen-bond acceptors (Lipinski definition) is 3. The number of likely N-dealkylation sites (tertiary alicyclic amines) is 1. The SMILES string of the molecule is CC1CN(C)CCC1Nc1ccc(CCO)cc1. The second-order valence-corrected chi connectivity index (χ2v) is 5.45. The van der Waals surface area contributed by atoms with Crippen LogP contribution in [0, 0.1) is 5.92 Å². The van der Waals surface area contributed by atoms with E-state index in [-0.39, 0.29) is 6.61 Å². The number of aliphatic hydroxyl groups excluding tert-OH is 1. The second-order valence-electron chi connectivity index (χ2n) is 5.45. The van der Waals surface area contributed by atoms with Crippen molar-refractivity contribution < 1.29 is 5.11 Å². The van der Waals surface area contributed by atoms with Crippen LogP contribution in [-0.4, -0.2) is 42.8 Å². The normalized spacial score (nSPS) is 25.1. The number of anilines is 1. The highest BCUT2D eigenvalue weighted by Gasteiger charge is 2.23. The van der Waals surface area contributed by atoms with E-state index < -0.39 is 0 Å². The van der Waals surface area contributed by atoms with Gasteiger partial charge in [0, 0.05) is 24.9 Å². The summed E-state index contributed by atoms with van der Waals surface area (Å²) < 4.78 is 0. The largest absolute Gasteiger partial charge is 0.396 e. The Bertz CT molecular complexity index is 363.